The van der Waals surface area contributed by atoms with Gasteiger partial charge in [0.2, 0.25) is 5.91 Å². The van der Waals surface area contributed by atoms with Gasteiger partial charge < -0.3 is 21.1 Å². The van der Waals surface area contributed by atoms with Crippen molar-refractivity contribution < 1.29 is 9.90 Å². The van der Waals surface area contributed by atoms with Crippen LogP contribution in [0.4, 0.5) is 0 Å². The second-order valence-corrected chi connectivity index (χ2v) is 6.33. The molecule has 1 aliphatic carbocycles. The van der Waals surface area contributed by atoms with Gasteiger partial charge in [0, 0.05) is 19.1 Å². The Hall–Kier alpha value is -0.650. The number of nitrogens with two attached hydrogens (primary N) is 1. The Morgan fingerprint density at radius 3 is 2.67 bits per heavy atom. The first kappa shape index (κ1) is 15.4. The molecule has 5 heteroatoms. The molecule has 106 valence electrons. The van der Waals surface area contributed by atoms with E-state index in [9.17, 15) is 9.90 Å². The molecule has 5 nitrogen and oxygen atoms in total. The van der Waals surface area contributed by atoms with Crippen LogP contribution in [0.15, 0.2) is 0 Å². The number of carbonyl (C=O) groups excluding carboxylic acids is 1. The molecule has 18 heavy (non-hydrogen) atoms. The van der Waals surface area contributed by atoms with Crippen LogP contribution in [0.25, 0.3) is 0 Å². The molecular formula is C13H27N3O2. The zero-order valence-electron chi connectivity index (χ0n) is 12.0. The lowest BCUT2D eigenvalue weighted by molar-refractivity contribution is -0.131. The van der Waals surface area contributed by atoms with Crippen LogP contribution in [0.5, 0.6) is 0 Å². The summed E-state index contributed by atoms with van der Waals surface area (Å²) in [4.78, 5) is 14.1. The highest BCUT2D eigenvalue weighted by Crippen LogP contribution is 2.36. The van der Waals surface area contributed by atoms with E-state index in [1.807, 2.05) is 25.9 Å². The third kappa shape index (κ3) is 3.67. The summed E-state index contributed by atoms with van der Waals surface area (Å²) in [5.74, 6) is -0.0356. The molecule has 0 aromatic rings. The molecular weight excluding hydrogens is 230 g/mol. The molecule has 0 radical (unpaired) electrons. The van der Waals surface area contributed by atoms with Crippen molar-refractivity contribution in [3.8, 4) is 0 Å². The fraction of sp³-hybridized carbons (Fsp3) is 0.923. The molecule has 3 atom stereocenters. The van der Waals surface area contributed by atoms with Gasteiger partial charge in [0.1, 0.15) is 0 Å². The van der Waals surface area contributed by atoms with Crippen LogP contribution in [0, 0.1) is 5.41 Å². The van der Waals surface area contributed by atoms with E-state index in [2.05, 4.69) is 5.32 Å². The Kier molecular flexibility index (Phi) is 4.75. The van der Waals surface area contributed by atoms with Crippen LogP contribution in [-0.2, 0) is 4.79 Å². The number of hydrogen-bond acceptors (Lipinski definition) is 4. The second kappa shape index (κ2) is 5.55. The largest absolute Gasteiger partial charge is 0.387 e. The van der Waals surface area contributed by atoms with Crippen molar-refractivity contribution >= 4 is 5.91 Å². The van der Waals surface area contributed by atoms with E-state index in [0.29, 0.717) is 6.54 Å². The average molecular weight is 257 g/mol. The average Bonchev–Trinajstić information content (AvgIpc) is 2.55. The number of nitrogens with zero attached hydrogens (tertiary/aromatic N) is 1. The zero-order valence-corrected chi connectivity index (χ0v) is 12.0. The van der Waals surface area contributed by atoms with E-state index >= 15 is 0 Å². The Morgan fingerprint density at radius 1 is 1.61 bits per heavy atom. The van der Waals surface area contributed by atoms with Crippen molar-refractivity contribution in [3.63, 3.8) is 0 Å². The molecule has 0 aromatic carbocycles. The summed E-state index contributed by atoms with van der Waals surface area (Å²) in [6, 6.07) is -0.0729. The van der Waals surface area contributed by atoms with Gasteiger partial charge in [-0.05, 0) is 40.8 Å². The molecule has 0 saturated heterocycles. The van der Waals surface area contributed by atoms with Crippen molar-refractivity contribution in [2.45, 2.75) is 44.8 Å². The SMILES string of the molecule is CN(C)CC(C)(O)CNC(=O)C1(C)CCCC1N. The van der Waals surface area contributed by atoms with E-state index in [1.54, 1.807) is 6.92 Å². The number of rotatable bonds is 5. The predicted octanol–water partition coefficient (Wildman–Crippen LogP) is -0.0673. The van der Waals surface area contributed by atoms with Gasteiger partial charge in [0.25, 0.3) is 0 Å². The van der Waals surface area contributed by atoms with Crippen LogP contribution < -0.4 is 11.1 Å². The smallest absolute Gasteiger partial charge is 0.227 e. The Labute approximate surface area is 110 Å². The van der Waals surface area contributed by atoms with Crippen molar-refractivity contribution in [2.24, 2.45) is 11.1 Å². The van der Waals surface area contributed by atoms with Gasteiger partial charge in [-0.1, -0.05) is 6.42 Å². The molecule has 1 saturated carbocycles. The highest BCUT2D eigenvalue weighted by atomic mass is 16.3. The fourth-order valence-electron chi connectivity index (χ4n) is 2.68. The van der Waals surface area contributed by atoms with E-state index < -0.39 is 11.0 Å². The van der Waals surface area contributed by atoms with Crippen LogP contribution in [0.3, 0.4) is 0 Å². The van der Waals surface area contributed by atoms with Gasteiger partial charge in [-0.2, -0.15) is 0 Å². The normalized spacial score (nSPS) is 31.4. The third-order valence-corrected chi connectivity index (χ3v) is 3.83. The van der Waals surface area contributed by atoms with Gasteiger partial charge in [-0.3, -0.25) is 4.79 Å². The predicted molar refractivity (Wildman–Crippen MR) is 72.1 cm³/mol. The monoisotopic (exact) mass is 257 g/mol. The zero-order chi connectivity index (χ0) is 14.0. The Balaban J connectivity index is 2.51. The number of hydrogen-bond donors (Lipinski definition) is 3. The maximum Gasteiger partial charge on any atom is 0.227 e. The molecule has 1 aliphatic rings. The van der Waals surface area contributed by atoms with E-state index in [0.717, 1.165) is 19.3 Å². The van der Waals surface area contributed by atoms with Crippen molar-refractivity contribution in [2.75, 3.05) is 27.2 Å². The standard InChI is InChI=1S/C13H27N3O2/c1-12(18,9-16(3)4)8-15-11(17)13(2)7-5-6-10(13)14/h10,18H,5-9,14H2,1-4H3,(H,15,17). The lowest BCUT2D eigenvalue weighted by Gasteiger charge is -2.31. The number of likely N-dealkylation sites (N-methyl/N-ethyl adjacent to an activating group) is 1. The molecule has 0 spiro atoms. The lowest BCUT2D eigenvalue weighted by Crippen LogP contribution is -2.53. The first-order valence-electron chi connectivity index (χ1n) is 6.58. The Morgan fingerprint density at radius 2 is 2.22 bits per heavy atom. The minimum atomic E-state index is -0.918. The summed E-state index contributed by atoms with van der Waals surface area (Å²) in [5, 5.41) is 13.0. The van der Waals surface area contributed by atoms with Crippen LogP contribution in [-0.4, -0.2) is 54.7 Å². The first-order chi connectivity index (χ1) is 8.17. The molecule has 0 heterocycles. The van der Waals surface area contributed by atoms with Crippen molar-refractivity contribution in [3.05, 3.63) is 0 Å². The van der Waals surface area contributed by atoms with Gasteiger partial charge >= 0.3 is 0 Å². The van der Waals surface area contributed by atoms with Gasteiger partial charge in [0.15, 0.2) is 0 Å². The van der Waals surface area contributed by atoms with Gasteiger partial charge in [-0.25, -0.2) is 0 Å². The molecule has 0 aliphatic heterocycles. The number of nitrogens with one attached hydrogen (secondary N) is 1. The summed E-state index contributed by atoms with van der Waals surface area (Å²) in [6.07, 6.45) is 2.73. The maximum atomic E-state index is 12.2. The van der Waals surface area contributed by atoms with E-state index in [4.69, 9.17) is 5.73 Å². The summed E-state index contributed by atoms with van der Waals surface area (Å²) in [6.45, 7) is 4.41. The topological polar surface area (TPSA) is 78.6 Å². The molecule has 1 fully saturated rings. The minimum Gasteiger partial charge on any atom is -0.387 e. The van der Waals surface area contributed by atoms with E-state index in [-0.39, 0.29) is 18.5 Å². The molecule has 4 N–H and O–H groups in total. The minimum absolute atomic E-state index is 0.0356. The maximum absolute atomic E-state index is 12.2. The summed E-state index contributed by atoms with van der Waals surface area (Å²) < 4.78 is 0. The van der Waals surface area contributed by atoms with Gasteiger partial charge in [0.05, 0.1) is 11.0 Å². The summed E-state index contributed by atoms with van der Waals surface area (Å²) >= 11 is 0. The van der Waals surface area contributed by atoms with E-state index in [1.165, 1.54) is 0 Å². The number of amides is 1. The summed E-state index contributed by atoms with van der Waals surface area (Å²) in [7, 11) is 3.79. The van der Waals surface area contributed by atoms with Gasteiger partial charge in [-0.15, -0.1) is 0 Å². The molecule has 0 bridgehead atoms. The Bertz CT molecular complexity index is 305. The second-order valence-electron chi connectivity index (χ2n) is 6.33. The fourth-order valence-corrected chi connectivity index (χ4v) is 2.68. The molecule has 1 rings (SSSR count). The third-order valence-electron chi connectivity index (χ3n) is 3.83. The van der Waals surface area contributed by atoms with Crippen LogP contribution in [0.1, 0.15) is 33.1 Å². The number of aliphatic hydroxyl groups is 1. The summed E-state index contributed by atoms with van der Waals surface area (Å²) in [5.41, 5.74) is 4.61. The lowest BCUT2D eigenvalue weighted by atomic mass is 9.84. The molecule has 0 aromatic heterocycles. The van der Waals surface area contributed by atoms with Crippen molar-refractivity contribution in [1.29, 1.82) is 0 Å². The number of carbonyl (C=O) groups is 1. The first-order valence-corrected chi connectivity index (χ1v) is 6.58. The van der Waals surface area contributed by atoms with Crippen LogP contribution in [0.2, 0.25) is 0 Å². The van der Waals surface area contributed by atoms with Crippen molar-refractivity contribution in [1.82, 2.24) is 10.2 Å². The highest BCUT2D eigenvalue weighted by molar-refractivity contribution is 5.83. The molecule has 3 unspecified atom stereocenters. The van der Waals surface area contributed by atoms with Crippen LogP contribution >= 0.6 is 0 Å². The highest BCUT2D eigenvalue weighted by Gasteiger charge is 2.43. The quantitative estimate of drug-likeness (QED) is 0.644. The molecule has 1 amide bonds.